The molecule has 0 aliphatic carbocycles. The van der Waals surface area contributed by atoms with Crippen LogP contribution in [0.4, 0.5) is 13.6 Å². The summed E-state index contributed by atoms with van der Waals surface area (Å²) in [6.45, 7) is -2.94. The van der Waals surface area contributed by atoms with Gasteiger partial charge in [-0.3, -0.25) is 9.88 Å². The third-order valence-corrected chi connectivity index (χ3v) is 5.17. The molecule has 1 fully saturated rings. The Morgan fingerprint density at radius 3 is 2.76 bits per heavy atom. The number of cyclic esters (lactones) is 1. The van der Waals surface area contributed by atoms with Crippen LogP contribution in [0.5, 0.6) is 5.75 Å². The molecule has 1 unspecified atom stereocenters. The van der Waals surface area contributed by atoms with Crippen LogP contribution in [0.25, 0.3) is 11.3 Å². The molecule has 176 valence electrons. The number of carbonyl (C=O) groups is 2. The first-order valence-corrected chi connectivity index (χ1v) is 10.5. The molecule has 1 aliphatic heterocycles. The molecule has 0 N–H and O–H groups in total. The van der Waals surface area contributed by atoms with Gasteiger partial charge in [0.15, 0.2) is 0 Å². The van der Waals surface area contributed by atoms with Crippen molar-refractivity contribution < 1.29 is 32.6 Å². The second-order valence-corrected chi connectivity index (χ2v) is 7.67. The van der Waals surface area contributed by atoms with Gasteiger partial charge in [0.25, 0.3) is 0 Å². The standard InChI is InChI=1S/C23H18ClF2N3O5/c24-17-7-6-15(8-19(17)33-22(25)26)18-10-27-9-16(28-18)11-29-12-20(34-23(29)31)21(30)32-13-14-4-2-1-3-5-14/h1-10,20,22H,11-13H2. The molecule has 0 radical (unpaired) electrons. The number of rotatable bonds is 8. The first kappa shape index (κ1) is 23.4. The molecule has 0 spiro atoms. The van der Waals surface area contributed by atoms with Gasteiger partial charge in [0, 0.05) is 5.56 Å². The summed E-state index contributed by atoms with van der Waals surface area (Å²) in [4.78, 5) is 34.4. The van der Waals surface area contributed by atoms with Crippen molar-refractivity contribution in [1.29, 1.82) is 0 Å². The Balaban J connectivity index is 1.40. The molecule has 3 aromatic rings. The number of aromatic nitrogens is 2. The fraction of sp³-hybridized carbons (Fsp3) is 0.217. The Kier molecular flexibility index (Phi) is 7.17. The number of benzene rings is 2. The Hall–Kier alpha value is -3.79. The van der Waals surface area contributed by atoms with Crippen LogP contribution < -0.4 is 4.74 Å². The third-order valence-electron chi connectivity index (χ3n) is 4.85. The van der Waals surface area contributed by atoms with Gasteiger partial charge < -0.3 is 14.2 Å². The van der Waals surface area contributed by atoms with Crippen molar-refractivity contribution in [3.63, 3.8) is 0 Å². The minimum absolute atomic E-state index is 0.00825. The van der Waals surface area contributed by atoms with E-state index in [-0.39, 0.29) is 30.5 Å². The van der Waals surface area contributed by atoms with Gasteiger partial charge in [-0.25, -0.2) is 14.6 Å². The SMILES string of the molecule is O=C(OCc1ccccc1)C1CN(Cc2cncc(-c3ccc(Cl)c(OC(F)F)c3)n2)C(=O)O1. The minimum Gasteiger partial charge on any atom is -0.458 e. The molecule has 1 amide bonds. The Labute approximate surface area is 198 Å². The molecule has 2 heterocycles. The van der Waals surface area contributed by atoms with E-state index in [1.807, 2.05) is 30.3 Å². The highest BCUT2D eigenvalue weighted by Gasteiger charge is 2.37. The van der Waals surface area contributed by atoms with Crippen molar-refractivity contribution in [2.75, 3.05) is 6.54 Å². The summed E-state index contributed by atoms with van der Waals surface area (Å²) in [6, 6.07) is 13.4. The highest BCUT2D eigenvalue weighted by Crippen LogP contribution is 2.31. The number of halogens is 3. The third kappa shape index (κ3) is 5.76. The number of hydrogen-bond acceptors (Lipinski definition) is 7. The van der Waals surface area contributed by atoms with Crippen molar-refractivity contribution in [3.05, 3.63) is 77.2 Å². The van der Waals surface area contributed by atoms with Crippen molar-refractivity contribution in [3.8, 4) is 17.0 Å². The molecule has 0 bridgehead atoms. The van der Waals surface area contributed by atoms with E-state index in [1.54, 1.807) is 6.07 Å². The molecule has 1 aromatic heterocycles. The minimum atomic E-state index is -3.03. The lowest BCUT2D eigenvalue weighted by Gasteiger charge is -2.13. The predicted molar refractivity (Wildman–Crippen MR) is 116 cm³/mol. The molecule has 11 heteroatoms. The average Bonchev–Trinajstić information content (AvgIpc) is 3.19. The quantitative estimate of drug-likeness (QED) is 0.431. The van der Waals surface area contributed by atoms with Crippen molar-refractivity contribution in [2.24, 2.45) is 0 Å². The van der Waals surface area contributed by atoms with Gasteiger partial charge >= 0.3 is 18.7 Å². The number of ether oxygens (including phenoxy) is 3. The van der Waals surface area contributed by atoms with Crippen LogP contribution in [-0.2, 0) is 27.4 Å². The largest absolute Gasteiger partial charge is 0.458 e. The summed E-state index contributed by atoms with van der Waals surface area (Å²) in [5.74, 6) is -0.839. The Morgan fingerprint density at radius 1 is 1.21 bits per heavy atom. The summed E-state index contributed by atoms with van der Waals surface area (Å²) in [7, 11) is 0. The highest BCUT2D eigenvalue weighted by atomic mass is 35.5. The van der Waals surface area contributed by atoms with Crippen LogP contribution in [0.15, 0.2) is 60.9 Å². The van der Waals surface area contributed by atoms with Crippen molar-refractivity contribution >= 4 is 23.7 Å². The van der Waals surface area contributed by atoms with Crippen LogP contribution >= 0.6 is 11.6 Å². The van der Waals surface area contributed by atoms with E-state index in [0.717, 1.165) is 5.56 Å². The number of carbonyl (C=O) groups excluding carboxylic acids is 2. The first-order valence-electron chi connectivity index (χ1n) is 10.1. The van der Waals surface area contributed by atoms with Gasteiger partial charge in [-0.05, 0) is 17.7 Å². The topological polar surface area (TPSA) is 90.9 Å². The zero-order chi connectivity index (χ0) is 24.1. The second-order valence-electron chi connectivity index (χ2n) is 7.27. The molecule has 34 heavy (non-hydrogen) atoms. The van der Waals surface area contributed by atoms with E-state index >= 15 is 0 Å². The first-order chi connectivity index (χ1) is 16.4. The van der Waals surface area contributed by atoms with Gasteiger partial charge in [-0.2, -0.15) is 8.78 Å². The van der Waals surface area contributed by atoms with Crippen LogP contribution in [0.3, 0.4) is 0 Å². The smallest absolute Gasteiger partial charge is 0.411 e. The van der Waals surface area contributed by atoms with Crippen LogP contribution in [0, 0.1) is 0 Å². The van der Waals surface area contributed by atoms with Gasteiger partial charge in [0.1, 0.15) is 12.4 Å². The lowest BCUT2D eigenvalue weighted by atomic mass is 10.1. The van der Waals surface area contributed by atoms with E-state index in [4.69, 9.17) is 21.1 Å². The fourth-order valence-electron chi connectivity index (χ4n) is 3.25. The van der Waals surface area contributed by atoms with E-state index in [9.17, 15) is 18.4 Å². The summed E-state index contributed by atoms with van der Waals surface area (Å²) in [6.07, 6.45) is 1.14. The molecular formula is C23H18ClF2N3O5. The van der Waals surface area contributed by atoms with E-state index in [1.165, 1.54) is 29.4 Å². The normalized spacial score (nSPS) is 15.4. The molecular weight excluding hydrogens is 472 g/mol. The molecule has 1 atom stereocenters. The maximum absolute atomic E-state index is 12.6. The molecule has 2 aromatic carbocycles. The van der Waals surface area contributed by atoms with E-state index < -0.39 is 24.8 Å². The summed E-state index contributed by atoms with van der Waals surface area (Å²) in [5.41, 5.74) is 2.02. The van der Waals surface area contributed by atoms with E-state index in [0.29, 0.717) is 17.0 Å². The van der Waals surface area contributed by atoms with Gasteiger partial charge in [0.2, 0.25) is 6.10 Å². The number of alkyl halides is 2. The van der Waals surface area contributed by atoms with Crippen LogP contribution in [0.1, 0.15) is 11.3 Å². The van der Waals surface area contributed by atoms with Crippen molar-refractivity contribution in [2.45, 2.75) is 25.9 Å². The fourth-order valence-corrected chi connectivity index (χ4v) is 3.41. The van der Waals surface area contributed by atoms with Crippen molar-refractivity contribution in [1.82, 2.24) is 14.9 Å². The average molecular weight is 490 g/mol. The maximum Gasteiger partial charge on any atom is 0.411 e. The van der Waals surface area contributed by atoms with E-state index in [2.05, 4.69) is 14.7 Å². The molecule has 1 aliphatic rings. The van der Waals surface area contributed by atoms with Crippen LogP contribution in [0.2, 0.25) is 5.02 Å². The Bertz CT molecular complexity index is 1180. The zero-order valence-electron chi connectivity index (χ0n) is 17.6. The monoisotopic (exact) mass is 489 g/mol. The Morgan fingerprint density at radius 2 is 2.00 bits per heavy atom. The van der Waals surface area contributed by atoms with Crippen LogP contribution in [-0.4, -0.2) is 46.2 Å². The van der Waals surface area contributed by atoms with Gasteiger partial charge in [-0.1, -0.05) is 48.0 Å². The zero-order valence-corrected chi connectivity index (χ0v) is 18.3. The highest BCUT2D eigenvalue weighted by molar-refractivity contribution is 6.32. The molecule has 0 saturated carbocycles. The second kappa shape index (κ2) is 10.4. The molecule has 8 nitrogen and oxygen atoms in total. The summed E-state index contributed by atoms with van der Waals surface area (Å²) < 4.78 is 40.0. The predicted octanol–water partition coefficient (Wildman–Crippen LogP) is 4.46. The summed E-state index contributed by atoms with van der Waals surface area (Å²) >= 11 is 5.89. The molecule has 1 saturated heterocycles. The number of nitrogens with zero attached hydrogens (tertiary/aromatic N) is 3. The summed E-state index contributed by atoms with van der Waals surface area (Å²) in [5, 5.41) is 0.0261. The number of hydrogen-bond donors (Lipinski definition) is 0. The van der Waals surface area contributed by atoms with Gasteiger partial charge in [0.05, 0.1) is 41.9 Å². The maximum atomic E-state index is 12.6. The van der Waals surface area contributed by atoms with Gasteiger partial charge in [-0.15, -0.1) is 0 Å². The lowest BCUT2D eigenvalue weighted by Crippen LogP contribution is -2.29. The lowest BCUT2D eigenvalue weighted by molar-refractivity contribution is -0.153. The number of amides is 1. The number of esters is 1. The molecule has 4 rings (SSSR count).